The van der Waals surface area contributed by atoms with Crippen LogP contribution >= 0.6 is 0 Å². The molecule has 0 aliphatic heterocycles. The zero-order valence-electron chi connectivity index (χ0n) is 12.0. The molecule has 1 aromatic carbocycles. The van der Waals surface area contributed by atoms with Crippen LogP contribution < -0.4 is 5.32 Å². The SMILES string of the molecule is Cc1ccnc(NC(=O)Cn2c(C)nc3ccccc32)c1. The van der Waals surface area contributed by atoms with E-state index >= 15 is 0 Å². The highest BCUT2D eigenvalue weighted by molar-refractivity contribution is 5.90. The van der Waals surface area contributed by atoms with Gasteiger partial charge in [0.15, 0.2) is 0 Å². The molecule has 1 N–H and O–H groups in total. The predicted octanol–water partition coefficient (Wildman–Crippen LogP) is 2.69. The zero-order chi connectivity index (χ0) is 14.8. The molecule has 21 heavy (non-hydrogen) atoms. The van der Waals surface area contributed by atoms with Gasteiger partial charge in [-0.15, -0.1) is 0 Å². The van der Waals surface area contributed by atoms with Crippen molar-refractivity contribution in [1.29, 1.82) is 0 Å². The summed E-state index contributed by atoms with van der Waals surface area (Å²) in [5.74, 6) is 1.28. The van der Waals surface area contributed by atoms with Crippen molar-refractivity contribution < 1.29 is 4.79 Å². The Morgan fingerprint density at radius 3 is 2.86 bits per heavy atom. The van der Waals surface area contributed by atoms with Crippen LogP contribution in [-0.2, 0) is 11.3 Å². The normalized spacial score (nSPS) is 10.8. The first kappa shape index (κ1) is 13.3. The van der Waals surface area contributed by atoms with Gasteiger partial charge in [0.05, 0.1) is 11.0 Å². The predicted molar refractivity (Wildman–Crippen MR) is 82.1 cm³/mol. The Labute approximate surface area is 122 Å². The molecule has 106 valence electrons. The molecular formula is C16H16N4O. The molecule has 2 aromatic heterocycles. The number of aryl methyl sites for hydroxylation is 2. The Balaban J connectivity index is 1.82. The van der Waals surface area contributed by atoms with Gasteiger partial charge >= 0.3 is 0 Å². The molecule has 0 saturated carbocycles. The Morgan fingerprint density at radius 2 is 2.05 bits per heavy atom. The molecule has 5 nitrogen and oxygen atoms in total. The average molecular weight is 280 g/mol. The molecule has 0 aliphatic carbocycles. The Hall–Kier alpha value is -2.69. The number of hydrogen-bond acceptors (Lipinski definition) is 3. The number of hydrogen-bond donors (Lipinski definition) is 1. The lowest BCUT2D eigenvalue weighted by Gasteiger charge is -2.08. The minimum absolute atomic E-state index is 0.112. The lowest BCUT2D eigenvalue weighted by Crippen LogP contribution is -2.20. The molecule has 3 aromatic rings. The van der Waals surface area contributed by atoms with Crippen molar-refractivity contribution in [3.8, 4) is 0 Å². The largest absolute Gasteiger partial charge is 0.319 e. The molecule has 1 amide bonds. The van der Waals surface area contributed by atoms with Gasteiger partial charge in [-0.25, -0.2) is 9.97 Å². The lowest BCUT2D eigenvalue weighted by molar-refractivity contribution is -0.116. The Bertz CT molecular complexity index is 807. The van der Waals surface area contributed by atoms with Gasteiger partial charge in [0.2, 0.25) is 5.91 Å². The van der Waals surface area contributed by atoms with Crippen LogP contribution in [-0.4, -0.2) is 20.4 Å². The van der Waals surface area contributed by atoms with Crippen LogP contribution in [0.1, 0.15) is 11.4 Å². The second kappa shape index (κ2) is 5.36. The highest BCUT2D eigenvalue weighted by Crippen LogP contribution is 2.15. The third-order valence-electron chi connectivity index (χ3n) is 3.33. The summed E-state index contributed by atoms with van der Waals surface area (Å²) in [6, 6.07) is 11.5. The fourth-order valence-electron chi connectivity index (χ4n) is 2.33. The number of benzene rings is 1. The molecule has 0 bridgehead atoms. The number of pyridine rings is 1. The van der Waals surface area contributed by atoms with E-state index in [0.717, 1.165) is 22.4 Å². The van der Waals surface area contributed by atoms with Gasteiger partial charge in [0.25, 0.3) is 0 Å². The van der Waals surface area contributed by atoms with Crippen LogP contribution in [0.3, 0.4) is 0 Å². The summed E-state index contributed by atoms with van der Waals surface area (Å²) < 4.78 is 1.90. The van der Waals surface area contributed by atoms with Crippen LogP contribution in [0.4, 0.5) is 5.82 Å². The van der Waals surface area contributed by atoms with Crippen LogP contribution in [0.2, 0.25) is 0 Å². The first-order valence-electron chi connectivity index (χ1n) is 6.78. The fraction of sp³-hybridized carbons (Fsp3) is 0.188. The van der Waals surface area contributed by atoms with Gasteiger partial charge in [0.1, 0.15) is 18.2 Å². The maximum atomic E-state index is 12.2. The van der Waals surface area contributed by atoms with E-state index in [0.29, 0.717) is 5.82 Å². The van der Waals surface area contributed by atoms with E-state index in [1.54, 1.807) is 6.20 Å². The number of rotatable bonds is 3. The standard InChI is InChI=1S/C16H16N4O/c1-11-7-8-17-15(9-11)19-16(21)10-20-12(2)18-13-5-3-4-6-14(13)20/h3-9H,10H2,1-2H3,(H,17,19,21). The molecule has 0 unspecified atom stereocenters. The number of anilines is 1. The molecule has 0 atom stereocenters. The maximum absolute atomic E-state index is 12.2. The van der Waals surface area contributed by atoms with E-state index < -0.39 is 0 Å². The van der Waals surface area contributed by atoms with Crippen molar-refractivity contribution in [2.75, 3.05) is 5.32 Å². The summed E-state index contributed by atoms with van der Waals surface area (Å²) in [4.78, 5) is 20.8. The number of fused-ring (bicyclic) bond motifs is 1. The van der Waals surface area contributed by atoms with Crippen LogP contribution in [0.5, 0.6) is 0 Å². The topological polar surface area (TPSA) is 59.8 Å². The van der Waals surface area contributed by atoms with E-state index in [1.165, 1.54) is 0 Å². The molecule has 3 rings (SSSR count). The number of aromatic nitrogens is 3. The maximum Gasteiger partial charge on any atom is 0.245 e. The van der Waals surface area contributed by atoms with Gasteiger partial charge < -0.3 is 9.88 Å². The summed E-state index contributed by atoms with van der Waals surface area (Å²) in [7, 11) is 0. The first-order valence-corrected chi connectivity index (χ1v) is 6.78. The molecule has 0 aliphatic rings. The van der Waals surface area contributed by atoms with E-state index in [2.05, 4.69) is 15.3 Å². The van der Waals surface area contributed by atoms with Gasteiger partial charge in [0, 0.05) is 6.20 Å². The molecule has 0 radical (unpaired) electrons. The van der Waals surface area contributed by atoms with Crippen molar-refractivity contribution >= 4 is 22.8 Å². The number of carbonyl (C=O) groups excluding carboxylic acids is 1. The van der Waals surface area contributed by atoms with E-state index in [4.69, 9.17) is 0 Å². The third kappa shape index (κ3) is 2.76. The van der Waals surface area contributed by atoms with Gasteiger partial charge in [-0.1, -0.05) is 12.1 Å². The second-order valence-corrected chi connectivity index (χ2v) is 5.00. The van der Waals surface area contributed by atoms with Gasteiger partial charge in [-0.2, -0.15) is 0 Å². The van der Waals surface area contributed by atoms with E-state index in [1.807, 2.05) is 54.8 Å². The third-order valence-corrected chi connectivity index (χ3v) is 3.33. The van der Waals surface area contributed by atoms with E-state index in [9.17, 15) is 4.79 Å². The van der Waals surface area contributed by atoms with Crippen molar-refractivity contribution in [2.45, 2.75) is 20.4 Å². The van der Waals surface area contributed by atoms with Crippen LogP contribution in [0, 0.1) is 13.8 Å². The molecule has 0 fully saturated rings. The molecule has 2 heterocycles. The second-order valence-electron chi connectivity index (χ2n) is 5.00. The number of amides is 1. The lowest BCUT2D eigenvalue weighted by atomic mass is 10.3. The quantitative estimate of drug-likeness (QED) is 0.802. The van der Waals surface area contributed by atoms with Crippen molar-refractivity contribution in [2.24, 2.45) is 0 Å². The molecule has 0 spiro atoms. The van der Waals surface area contributed by atoms with E-state index in [-0.39, 0.29) is 12.5 Å². The highest BCUT2D eigenvalue weighted by Gasteiger charge is 2.11. The Kier molecular flexibility index (Phi) is 3.39. The molecule has 5 heteroatoms. The number of imidazole rings is 1. The van der Waals surface area contributed by atoms with Crippen molar-refractivity contribution in [1.82, 2.24) is 14.5 Å². The minimum Gasteiger partial charge on any atom is -0.319 e. The number of para-hydroxylation sites is 2. The summed E-state index contributed by atoms with van der Waals surface area (Å²) in [6.07, 6.45) is 1.68. The fourth-order valence-corrected chi connectivity index (χ4v) is 2.33. The summed E-state index contributed by atoms with van der Waals surface area (Å²) in [6.45, 7) is 4.09. The van der Waals surface area contributed by atoms with Gasteiger partial charge in [-0.05, 0) is 43.7 Å². The highest BCUT2D eigenvalue weighted by atomic mass is 16.2. The molecular weight excluding hydrogens is 264 g/mol. The minimum atomic E-state index is -0.112. The van der Waals surface area contributed by atoms with Gasteiger partial charge in [-0.3, -0.25) is 4.79 Å². The zero-order valence-corrected chi connectivity index (χ0v) is 12.0. The van der Waals surface area contributed by atoms with Crippen molar-refractivity contribution in [3.05, 3.63) is 54.0 Å². The van der Waals surface area contributed by atoms with Crippen LogP contribution in [0.25, 0.3) is 11.0 Å². The number of nitrogens with one attached hydrogen (secondary N) is 1. The first-order chi connectivity index (χ1) is 10.1. The number of carbonyl (C=O) groups is 1. The van der Waals surface area contributed by atoms with Crippen LogP contribution in [0.15, 0.2) is 42.6 Å². The average Bonchev–Trinajstić information content (AvgIpc) is 2.75. The monoisotopic (exact) mass is 280 g/mol. The molecule has 0 saturated heterocycles. The summed E-state index contributed by atoms with van der Waals surface area (Å²) >= 11 is 0. The Morgan fingerprint density at radius 1 is 1.24 bits per heavy atom. The summed E-state index contributed by atoms with van der Waals surface area (Å²) in [5, 5.41) is 2.81. The number of nitrogens with zero attached hydrogens (tertiary/aromatic N) is 3. The smallest absolute Gasteiger partial charge is 0.245 e. The van der Waals surface area contributed by atoms with Crippen molar-refractivity contribution in [3.63, 3.8) is 0 Å². The summed E-state index contributed by atoms with van der Waals surface area (Å²) in [5.41, 5.74) is 2.92.